The minimum Gasteiger partial charge on any atom is -0.462 e. The summed E-state index contributed by atoms with van der Waals surface area (Å²) in [7, 11) is 0. The van der Waals surface area contributed by atoms with Gasteiger partial charge in [0.2, 0.25) is 0 Å². The second-order valence-corrected chi connectivity index (χ2v) is 4.97. The number of nitrogens with one attached hydrogen (secondary N) is 1. The Hall–Kier alpha value is -2.09. The van der Waals surface area contributed by atoms with Crippen LogP contribution in [0.3, 0.4) is 0 Å². The van der Waals surface area contributed by atoms with Crippen LogP contribution in [-0.4, -0.2) is 33.3 Å². The molecular weight excluding hydrogens is 278 g/mol. The lowest BCUT2D eigenvalue weighted by molar-refractivity contribution is 0.0529. The third kappa shape index (κ3) is 3.27. The van der Waals surface area contributed by atoms with Crippen LogP contribution in [0.2, 0.25) is 0 Å². The summed E-state index contributed by atoms with van der Waals surface area (Å²) in [6.45, 7) is 5.35. The SMILES string of the molecule is CCOC(=O)c1c(N)nsc1NCCn1cc(C)cn1. The average molecular weight is 295 g/mol. The van der Waals surface area contributed by atoms with Gasteiger partial charge in [0.05, 0.1) is 19.3 Å². The Morgan fingerprint density at radius 2 is 2.40 bits per heavy atom. The summed E-state index contributed by atoms with van der Waals surface area (Å²) < 4.78 is 10.8. The summed E-state index contributed by atoms with van der Waals surface area (Å²) in [5.74, 6) is -0.248. The van der Waals surface area contributed by atoms with Crippen molar-refractivity contribution in [2.24, 2.45) is 0 Å². The van der Waals surface area contributed by atoms with Crippen LogP contribution in [0.15, 0.2) is 12.4 Å². The molecule has 0 saturated carbocycles. The van der Waals surface area contributed by atoms with E-state index < -0.39 is 5.97 Å². The number of nitrogen functional groups attached to an aromatic ring is 1. The number of aryl methyl sites for hydroxylation is 1. The molecule has 0 amide bonds. The van der Waals surface area contributed by atoms with Gasteiger partial charge in [-0.25, -0.2) is 4.79 Å². The van der Waals surface area contributed by atoms with E-state index in [4.69, 9.17) is 10.5 Å². The molecule has 108 valence electrons. The third-order valence-electron chi connectivity index (χ3n) is 2.59. The number of nitrogens with two attached hydrogens (primary N) is 1. The maximum Gasteiger partial charge on any atom is 0.344 e. The number of hydrogen-bond acceptors (Lipinski definition) is 7. The molecule has 2 heterocycles. The standard InChI is InChI=1S/C12H17N5O2S/c1-3-19-12(18)9-10(13)16-20-11(9)14-4-5-17-7-8(2)6-15-17/h6-7,14H,3-5H2,1-2H3,(H2,13,16). The molecule has 0 radical (unpaired) electrons. The molecule has 0 spiro atoms. The fourth-order valence-corrected chi connectivity index (χ4v) is 2.42. The minimum atomic E-state index is -0.448. The average Bonchev–Trinajstić information content (AvgIpc) is 2.97. The predicted octanol–water partition coefficient (Wildman–Crippen LogP) is 1.52. The Balaban J connectivity index is 1.97. The van der Waals surface area contributed by atoms with Gasteiger partial charge in [-0.05, 0) is 30.9 Å². The van der Waals surface area contributed by atoms with E-state index in [1.807, 2.05) is 17.8 Å². The number of anilines is 2. The largest absolute Gasteiger partial charge is 0.462 e. The Kier molecular flexibility index (Phi) is 4.57. The van der Waals surface area contributed by atoms with Gasteiger partial charge in [-0.1, -0.05) is 0 Å². The fourth-order valence-electron chi connectivity index (χ4n) is 1.70. The maximum atomic E-state index is 11.8. The Morgan fingerprint density at radius 1 is 1.60 bits per heavy atom. The molecule has 0 aliphatic carbocycles. The molecule has 0 aliphatic heterocycles. The van der Waals surface area contributed by atoms with Crippen molar-refractivity contribution >= 4 is 28.3 Å². The Bertz CT molecular complexity index is 592. The zero-order chi connectivity index (χ0) is 14.5. The predicted molar refractivity (Wildman–Crippen MR) is 77.9 cm³/mol. The van der Waals surface area contributed by atoms with E-state index in [1.165, 1.54) is 0 Å². The highest BCUT2D eigenvalue weighted by molar-refractivity contribution is 7.11. The van der Waals surface area contributed by atoms with E-state index >= 15 is 0 Å². The van der Waals surface area contributed by atoms with Crippen molar-refractivity contribution in [3.05, 3.63) is 23.5 Å². The highest BCUT2D eigenvalue weighted by Gasteiger charge is 2.20. The molecule has 2 aromatic rings. The lowest BCUT2D eigenvalue weighted by Crippen LogP contribution is -2.13. The van der Waals surface area contributed by atoms with Gasteiger partial charge >= 0.3 is 5.97 Å². The number of carbonyl (C=O) groups excluding carboxylic acids is 1. The Morgan fingerprint density at radius 3 is 3.05 bits per heavy atom. The molecule has 0 saturated heterocycles. The highest BCUT2D eigenvalue weighted by atomic mass is 32.1. The second-order valence-electron chi connectivity index (χ2n) is 4.20. The van der Waals surface area contributed by atoms with Crippen LogP contribution in [0.25, 0.3) is 0 Å². The van der Waals surface area contributed by atoms with E-state index in [1.54, 1.807) is 13.1 Å². The van der Waals surface area contributed by atoms with Gasteiger partial charge in [-0.15, -0.1) is 0 Å². The van der Waals surface area contributed by atoms with E-state index in [-0.39, 0.29) is 5.82 Å². The fraction of sp³-hybridized carbons (Fsp3) is 0.417. The molecule has 0 unspecified atom stereocenters. The molecular formula is C12H17N5O2S. The second kappa shape index (κ2) is 6.38. The summed E-state index contributed by atoms with van der Waals surface area (Å²) in [4.78, 5) is 11.8. The van der Waals surface area contributed by atoms with Crippen LogP contribution in [0, 0.1) is 6.92 Å². The summed E-state index contributed by atoms with van der Waals surface area (Å²) in [5, 5.41) is 7.96. The quantitative estimate of drug-likeness (QED) is 0.785. The van der Waals surface area contributed by atoms with Crippen LogP contribution in [-0.2, 0) is 11.3 Å². The van der Waals surface area contributed by atoms with Crippen molar-refractivity contribution in [2.45, 2.75) is 20.4 Å². The molecule has 0 aliphatic rings. The van der Waals surface area contributed by atoms with Crippen molar-refractivity contribution in [1.82, 2.24) is 14.2 Å². The van der Waals surface area contributed by atoms with Crippen molar-refractivity contribution in [3.8, 4) is 0 Å². The van der Waals surface area contributed by atoms with Gasteiger partial charge in [-0.3, -0.25) is 4.68 Å². The molecule has 2 aromatic heterocycles. The van der Waals surface area contributed by atoms with Gasteiger partial charge in [0.15, 0.2) is 5.82 Å². The number of carbonyl (C=O) groups is 1. The molecule has 7 nitrogen and oxygen atoms in total. The molecule has 8 heteroatoms. The molecule has 3 N–H and O–H groups in total. The van der Waals surface area contributed by atoms with Crippen LogP contribution >= 0.6 is 11.5 Å². The van der Waals surface area contributed by atoms with Crippen LogP contribution in [0.4, 0.5) is 10.8 Å². The topological polar surface area (TPSA) is 95.1 Å². The Labute approximate surface area is 120 Å². The van der Waals surface area contributed by atoms with E-state index in [0.29, 0.717) is 30.3 Å². The summed E-state index contributed by atoms with van der Waals surface area (Å²) in [6, 6.07) is 0. The molecule has 0 bridgehead atoms. The van der Waals surface area contributed by atoms with Crippen LogP contribution in [0.5, 0.6) is 0 Å². The smallest absolute Gasteiger partial charge is 0.344 e. The number of ether oxygens (including phenoxy) is 1. The maximum absolute atomic E-state index is 11.8. The first-order chi connectivity index (χ1) is 9.61. The van der Waals surface area contributed by atoms with E-state index in [9.17, 15) is 4.79 Å². The lowest BCUT2D eigenvalue weighted by atomic mass is 10.3. The number of esters is 1. The van der Waals surface area contributed by atoms with Crippen molar-refractivity contribution in [1.29, 1.82) is 0 Å². The number of rotatable bonds is 6. The number of nitrogens with zero attached hydrogens (tertiary/aromatic N) is 3. The van der Waals surface area contributed by atoms with E-state index in [2.05, 4.69) is 14.8 Å². The third-order valence-corrected chi connectivity index (χ3v) is 3.41. The molecule has 2 rings (SSSR count). The van der Waals surface area contributed by atoms with Gasteiger partial charge in [0.25, 0.3) is 0 Å². The minimum absolute atomic E-state index is 0.200. The van der Waals surface area contributed by atoms with Gasteiger partial charge < -0.3 is 15.8 Å². The van der Waals surface area contributed by atoms with Crippen LogP contribution < -0.4 is 11.1 Å². The number of aromatic nitrogens is 3. The molecule has 20 heavy (non-hydrogen) atoms. The van der Waals surface area contributed by atoms with Crippen LogP contribution in [0.1, 0.15) is 22.8 Å². The molecule has 0 aromatic carbocycles. The summed E-state index contributed by atoms with van der Waals surface area (Å²) >= 11 is 1.15. The first kappa shape index (κ1) is 14.3. The summed E-state index contributed by atoms with van der Waals surface area (Å²) in [6.07, 6.45) is 3.75. The first-order valence-corrected chi connectivity index (χ1v) is 7.04. The van der Waals surface area contributed by atoms with Gasteiger partial charge in [-0.2, -0.15) is 9.47 Å². The van der Waals surface area contributed by atoms with Crippen molar-refractivity contribution in [3.63, 3.8) is 0 Å². The highest BCUT2D eigenvalue weighted by Crippen LogP contribution is 2.27. The monoisotopic (exact) mass is 295 g/mol. The van der Waals surface area contributed by atoms with E-state index in [0.717, 1.165) is 17.1 Å². The molecule has 0 atom stereocenters. The first-order valence-electron chi connectivity index (χ1n) is 6.27. The normalized spacial score (nSPS) is 10.5. The summed E-state index contributed by atoms with van der Waals surface area (Å²) in [5.41, 5.74) is 7.12. The zero-order valence-corrected chi connectivity index (χ0v) is 12.2. The van der Waals surface area contributed by atoms with Gasteiger partial charge in [0, 0.05) is 12.7 Å². The van der Waals surface area contributed by atoms with Gasteiger partial charge in [0.1, 0.15) is 10.6 Å². The lowest BCUT2D eigenvalue weighted by Gasteiger charge is -2.06. The molecule has 0 fully saturated rings. The number of hydrogen-bond donors (Lipinski definition) is 2. The van der Waals surface area contributed by atoms with Crippen molar-refractivity contribution in [2.75, 3.05) is 24.2 Å². The zero-order valence-electron chi connectivity index (χ0n) is 11.4. The van der Waals surface area contributed by atoms with Crippen molar-refractivity contribution < 1.29 is 9.53 Å².